The maximum atomic E-state index is 11.4. The number of carboxylic acid groups (broad SMARTS) is 1. The fraction of sp³-hybridized carbons (Fsp3) is 0.0833. The SMILES string of the molecule is O=C(O)C=Cc1ccc(Cn2cccnc2=O)s1. The molecule has 0 amide bonds. The van der Waals surface area contributed by atoms with Gasteiger partial charge in [0.25, 0.3) is 0 Å². The molecule has 2 aromatic heterocycles. The van der Waals surface area contributed by atoms with Crippen molar-refractivity contribution in [1.29, 1.82) is 0 Å². The van der Waals surface area contributed by atoms with Crippen LogP contribution in [0.25, 0.3) is 6.08 Å². The van der Waals surface area contributed by atoms with E-state index in [9.17, 15) is 9.59 Å². The number of hydrogen-bond acceptors (Lipinski definition) is 4. The minimum absolute atomic E-state index is 0.298. The van der Waals surface area contributed by atoms with Gasteiger partial charge in [-0.3, -0.25) is 4.57 Å². The van der Waals surface area contributed by atoms with Crippen molar-refractivity contribution in [2.24, 2.45) is 0 Å². The molecule has 0 bridgehead atoms. The van der Waals surface area contributed by atoms with E-state index in [2.05, 4.69) is 4.98 Å². The molecule has 0 aliphatic carbocycles. The molecule has 0 aliphatic heterocycles. The summed E-state index contributed by atoms with van der Waals surface area (Å²) >= 11 is 1.44. The molecule has 2 rings (SSSR count). The summed E-state index contributed by atoms with van der Waals surface area (Å²) in [6.45, 7) is 0.443. The minimum atomic E-state index is -0.978. The van der Waals surface area contributed by atoms with Crippen LogP contribution in [0.1, 0.15) is 9.75 Å². The number of carbonyl (C=O) groups is 1. The monoisotopic (exact) mass is 262 g/mol. The van der Waals surface area contributed by atoms with Crippen molar-refractivity contribution in [3.63, 3.8) is 0 Å². The number of nitrogens with zero attached hydrogens (tertiary/aromatic N) is 2. The van der Waals surface area contributed by atoms with Crippen molar-refractivity contribution in [1.82, 2.24) is 9.55 Å². The predicted molar refractivity (Wildman–Crippen MR) is 68.6 cm³/mol. The lowest BCUT2D eigenvalue weighted by atomic mass is 10.4. The molecule has 0 radical (unpaired) electrons. The Hall–Kier alpha value is -2.21. The quantitative estimate of drug-likeness (QED) is 0.846. The molecule has 6 heteroatoms. The molecule has 0 saturated carbocycles. The van der Waals surface area contributed by atoms with Gasteiger partial charge in [-0.2, -0.15) is 0 Å². The van der Waals surface area contributed by atoms with Crippen molar-refractivity contribution in [2.75, 3.05) is 0 Å². The summed E-state index contributed by atoms with van der Waals surface area (Å²) in [5.74, 6) is -0.978. The molecule has 0 fully saturated rings. The largest absolute Gasteiger partial charge is 0.478 e. The van der Waals surface area contributed by atoms with Gasteiger partial charge in [0.15, 0.2) is 0 Å². The lowest BCUT2D eigenvalue weighted by molar-refractivity contribution is -0.131. The van der Waals surface area contributed by atoms with Crippen LogP contribution in [0, 0.1) is 0 Å². The molecule has 2 heterocycles. The van der Waals surface area contributed by atoms with Crippen molar-refractivity contribution < 1.29 is 9.90 Å². The Morgan fingerprint density at radius 2 is 2.33 bits per heavy atom. The average molecular weight is 262 g/mol. The highest BCUT2D eigenvalue weighted by Crippen LogP contribution is 2.18. The second-order valence-electron chi connectivity index (χ2n) is 3.51. The standard InChI is InChI=1S/C12H10N2O3S/c15-11(16)5-4-9-2-3-10(18-9)8-14-7-1-6-13-12(14)17/h1-7H,8H2,(H,15,16). The van der Waals surface area contributed by atoms with E-state index in [4.69, 9.17) is 5.11 Å². The molecule has 0 unspecified atom stereocenters. The van der Waals surface area contributed by atoms with Gasteiger partial charge >= 0.3 is 11.7 Å². The van der Waals surface area contributed by atoms with Crippen LogP contribution in [0.2, 0.25) is 0 Å². The Labute approximate surface area is 107 Å². The van der Waals surface area contributed by atoms with E-state index in [0.29, 0.717) is 6.54 Å². The lowest BCUT2D eigenvalue weighted by Gasteiger charge is -2.00. The van der Waals surface area contributed by atoms with Crippen LogP contribution in [0.4, 0.5) is 0 Å². The van der Waals surface area contributed by atoms with Crippen LogP contribution in [0.3, 0.4) is 0 Å². The van der Waals surface area contributed by atoms with Gasteiger partial charge in [-0.25, -0.2) is 14.6 Å². The molecule has 0 atom stereocenters. The van der Waals surface area contributed by atoms with Gasteiger partial charge in [-0.05, 0) is 24.3 Å². The first-order valence-electron chi connectivity index (χ1n) is 5.16. The van der Waals surface area contributed by atoms with Gasteiger partial charge in [-0.15, -0.1) is 11.3 Å². The van der Waals surface area contributed by atoms with Crippen LogP contribution in [-0.2, 0) is 11.3 Å². The predicted octanol–water partition coefficient (Wildman–Crippen LogP) is 1.45. The first-order valence-corrected chi connectivity index (χ1v) is 5.98. The number of aromatic nitrogens is 2. The van der Waals surface area contributed by atoms with Gasteiger partial charge in [0.05, 0.1) is 6.54 Å². The summed E-state index contributed by atoms with van der Waals surface area (Å²) in [6.07, 6.45) is 5.74. The molecule has 92 valence electrons. The van der Waals surface area contributed by atoms with Crippen LogP contribution >= 0.6 is 11.3 Å². The zero-order valence-corrected chi connectivity index (χ0v) is 10.1. The third-order valence-corrected chi connectivity index (χ3v) is 3.22. The molecule has 0 spiro atoms. The number of hydrogen-bond donors (Lipinski definition) is 1. The normalized spacial score (nSPS) is 10.9. The zero-order valence-electron chi connectivity index (χ0n) is 9.31. The summed E-state index contributed by atoms with van der Waals surface area (Å²) in [5.41, 5.74) is -0.298. The summed E-state index contributed by atoms with van der Waals surface area (Å²) in [7, 11) is 0. The van der Waals surface area contributed by atoms with Gasteiger partial charge in [0.2, 0.25) is 0 Å². The summed E-state index contributed by atoms with van der Waals surface area (Å²) in [4.78, 5) is 27.3. The number of carboxylic acids is 1. The molecule has 0 aliphatic rings. The fourth-order valence-electron chi connectivity index (χ4n) is 1.40. The van der Waals surface area contributed by atoms with Crippen molar-refractivity contribution in [3.05, 3.63) is 56.9 Å². The second-order valence-corrected chi connectivity index (χ2v) is 4.71. The van der Waals surface area contributed by atoms with Crippen LogP contribution in [0.5, 0.6) is 0 Å². The van der Waals surface area contributed by atoms with Crippen molar-refractivity contribution >= 4 is 23.4 Å². The van der Waals surface area contributed by atoms with E-state index in [0.717, 1.165) is 15.8 Å². The van der Waals surface area contributed by atoms with Crippen molar-refractivity contribution in [3.8, 4) is 0 Å². The number of rotatable bonds is 4. The Kier molecular flexibility index (Phi) is 3.69. The number of thiophene rings is 1. The van der Waals surface area contributed by atoms with Crippen LogP contribution in [0.15, 0.2) is 41.5 Å². The van der Waals surface area contributed by atoms with E-state index < -0.39 is 5.97 Å². The van der Waals surface area contributed by atoms with Gasteiger partial charge in [-0.1, -0.05) is 0 Å². The Morgan fingerprint density at radius 1 is 1.50 bits per heavy atom. The smallest absolute Gasteiger partial charge is 0.347 e. The Morgan fingerprint density at radius 3 is 3.06 bits per heavy atom. The van der Waals surface area contributed by atoms with Crippen LogP contribution in [-0.4, -0.2) is 20.6 Å². The molecular formula is C12H10N2O3S. The van der Waals surface area contributed by atoms with E-state index in [1.54, 1.807) is 12.3 Å². The summed E-state index contributed by atoms with van der Waals surface area (Å²) in [6, 6.07) is 5.38. The zero-order chi connectivity index (χ0) is 13.0. The van der Waals surface area contributed by atoms with Gasteiger partial charge in [0.1, 0.15) is 0 Å². The lowest BCUT2D eigenvalue weighted by Crippen LogP contribution is -2.21. The molecule has 5 nitrogen and oxygen atoms in total. The summed E-state index contributed by atoms with van der Waals surface area (Å²) in [5, 5.41) is 8.52. The molecule has 0 saturated heterocycles. The third kappa shape index (κ3) is 3.14. The maximum absolute atomic E-state index is 11.4. The Balaban J connectivity index is 2.14. The van der Waals surface area contributed by atoms with E-state index >= 15 is 0 Å². The van der Waals surface area contributed by atoms with E-state index in [1.165, 1.54) is 28.2 Å². The topological polar surface area (TPSA) is 72.2 Å². The first kappa shape index (κ1) is 12.3. The van der Waals surface area contributed by atoms with Crippen molar-refractivity contribution in [2.45, 2.75) is 6.54 Å². The fourth-order valence-corrected chi connectivity index (χ4v) is 2.31. The van der Waals surface area contributed by atoms with Crippen LogP contribution < -0.4 is 5.69 Å². The highest BCUT2D eigenvalue weighted by Gasteiger charge is 2.01. The Bertz CT molecular complexity index is 643. The molecule has 0 aromatic carbocycles. The number of aliphatic carboxylic acids is 1. The first-order chi connectivity index (χ1) is 8.65. The molecule has 1 N–H and O–H groups in total. The molecule has 18 heavy (non-hydrogen) atoms. The van der Waals surface area contributed by atoms with E-state index in [-0.39, 0.29) is 5.69 Å². The minimum Gasteiger partial charge on any atom is -0.478 e. The second kappa shape index (κ2) is 5.42. The van der Waals surface area contributed by atoms with E-state index in [1.807, 2.05) is 12.1 Å². The van der Waals surface area contributed by atoms with Gasteiger partial charge in [0, 0.05) is 28.2 Å². The summed E-state index contributed by atoms with van der Waals surface area (Å²) < 4.78 is 1.50. The third-order valence-electron chi connectivity index (χ3n) is 2.18. The highest BCUT2D eigenvalue weighted by atomic mass is 32.1. The highest BCUT2D eigenvalue weighted by molar-refractivity contribution is 7.12. The average Bonchev–Trinajstić information content (AvgIpc) is 2.77. The molecular weight excluding hydrogens is 252 g/mol. The van der Waals surface area contributed by atoms with Gasteiger partial charge < -0.3 is 5.11 Å². The maximum Gasteiger partial charge on any atom is 0.347 e. The molecule has 2 aromatic rings.